The van der Waals surface area contributed by atoms with Crippen LogP contribution >= 0.6 is 11.6 Å². The van der Waals surface area contributed by atoms with E-state index in [2.05, 4.69) is 20.2 Å². The molecule has 1 unspecified atom stereocenters. The molecule has 2 aromatic rings. The number of anilines is 1. The summed E-state index contributed by atoms with van der Waals surface area (Å²) in [6, 6.07) is 7.09. The van der Waals surface area contributed by atoms with Crippen molar-refractivity contribution in [3.8, 4) is 0 Å². The van der Waals surface area contributed by atoms with E-state index >= 15 is 0 Å². The van der Waals surface area contributed by atoms with Gasteiger partial charge in [-0.1, -0.05) is 17.7 Å². The molecule has 1 aliphatic rings. The first-order valence-electron chi connectivity index (χ1n) is 6.90. The Morgan fingerprint density at radius 1 is 1.33 bits per heavy atom. The topological polar surface area (TPSA) is 41.0 Å². The van der Waals surface area contributed by atoms with Crippen LogP contribution < -0.4 is 5.32 Å². The van der Waals surface area contributed by atoms with Crippen molar-refractivity contribution in [3.63, 3.8) is 0 Å². The zero-order valence-corrected chi connectivity index (χ0v) is 12.2. The molecule has 0 spiro atoms. The van der Waals surface area contributed by atoms with E-state index in [1.807, 2.05) is 6.07 Å². The number of rotatable bonds is 4. The van der Waals surface area contributed by atoms with E-state index in [0.29, 0.717) is 12.0 Å². The third-order valence-corrected chi connectivity index (χ3v) is 3.87. The highest BCUT2D eigenvalue weighted by Gasteiger charge is 2.23. The van der Waals surface area contributed by atoms with E-state index in [9.17, 15) is 4.39 Å². The monoisotopic (exact) mass is 306 g/mol. The van der Waals surface area contributed by atoms with Crippen LogP contribution in [0.5, 0.6) is 0 Å². The minimum Gasteiger partial charge on any atom is -0.350 e. The Balaban J connectivity index is 1.56. The largest absolute Gasteiger partial charge is 0.350 e. The van der Waals surface area contributed by atoms with Gasteiger partial charge in [0.1, 0.15) is 5.82 Å². The highest BCUT2D eigenvalue weighted by atomic mass is 35.5. The van der Waals surface area contributed by atoms with Crippen LogP contribution in [-0.4, -0.2) is 34.0 Å². The number of hydrogen-bond donors (Lipinski definition) is 1. The fraction of sp³-hybridized carbons (Fsp3) is 0.333. The predicted octanol–water partition coefficient (Wildman–Crippen LogP) is 2.96. The molecule has 0 radical (unpaired) electrons. The van der Waals surface area contributed by atoms with Gasteiger partial charge in [-0.15, -0.1) is 0 Å². The molecule has 3 rings (SSSR count). The van der Waals surface area contributed by atoms with Crippen LogP contribution in [0.4, 0.5) is 10.3 Å². The molecule has 1 atom stereocenters. The van der Waals surface area contributed by atoms with Gasteiger partial charge in [-0.3, -0.25) is 4.90 Å². The van der Waals surface area contributed by atoms with Gasteiger partial charge in [-0.25, -0.2) is 14.4 Å². The Morgan fingerprint density at radius 3 is 2.90 bits per heavy atom. The smallest absolute Gasteiger partial charge is 0.222 e. The molecule has 0 aliphatic carbocycles. The summed E-state index contributed by atoms with van der Waals surface area (Å²) in [6.45, 7) is 2.58. The van der Waals surface area contributed by atoms with Gasteiger partial charge in [0.25, 0.3) is 0 Å². The number of halogens is 2. The first kappa shape index (κ1) is 14.2. The number of aromatic nitrogens is 2. The molecule has 0 saturated carbocycles. The van der Waals surface area contributed by atoms with Gasteiger partial charge in [0, 0.05) is 38.1 Å². The minimum absolute atomic E-state index is 0.168. The third kappa shape index (κ3) is 3.68. The van der Waals surface area contributed by atoms with E-state index in [-0.39, 0.29) is 10.8 Å². The predicted molar refractivity (Wildman–Crippen MR) is 80.7 cm³/mol. The van der Waals surface area contributed by atoms with Crippen LogP contribution in [0.3, 0.4) is 0 Å². The van der Waals surface area contributed by atoms with Crippen molar-refractivity contribution in [2.45, 2.75) is 19.0 Å². The van der Waals surface area contributed by atoms with Gasteiger partial charge in [0.2, 0.25) is 5.95 Å². The summed E-state index contributed by atoms with van der Waals surface area (Å²) < 4.78 is 13.4. The lowest BCUT2D eigenvalue weighted by molar-refractivity contribution is 0.328. The Kier molecular flexibility index (Phi) is 4.31. The molecule has 2 heterocycles. The molecule has 21 heavy (non-hydrogen) atoms. The third-order valence-electron chi connectivity index (χ3n) is 3.56. The van der Waals surface area contributed by atoms with Crippen molar-refractivity contribution in [1.29, 1.82) is 0 Å². The second kappa shape index (κ2) is 6.37. The van der Waals surface area contributed by atoms with Crippen LogP contribution in [0.1, 0.15) is 12.0 Å². The van der Waals surface area contributed by atoms with Gasteiger partial charge in [-0.2, -0.15) is 0 Å². The van der Waals surface area contributed by atoms with Crippen molar-refractivity contribution < 1.29 is 4.39 Å². The summed E-state index contributed by atoms with van der Waals surface area (Å²) in [6.07, 6.45) is 4.46. The number of hydrogen-bond acceptors (Lipinski definition) is 4. The van der Waals surface area contributed by atoms with Crippen molar-refractivity contribution in [2.24, 2.45) is 0 Å². The van der Waals surface area contributed by atoms with Gasteiger partial charge in [-0.05, 0) is 30.2 Å². The summed E-state index contributed by atoms with van der Waals surface area (Å²) in [5, 5.41) is 3.49. The number of nitrogens with zero attached hydrogens (tertiary/aromatic N) is 3. The number of nitrogens with one attached hydrogen (secondary N) is 1. The van der Waals surface area contributed by atoms with Crippen molar-refractivity contribution >= 4 is 17.5 Å². The molecule has 1 saturated heterocycles. The maximum Gasteiger partial charge on any atom is 0.222 e. The van der Waals surface area contributed by atoms with E-state index < -0.39 is 0 Å². The average Bonchev–Trinajstić information content (AvgIpc) is 2.91. The fourth-order valence-electron chi connectivity index (χ4n) is 2.55. The second-order valence-electron chi connectivity index (χ2n) is 5.19. The maximum absolute atomic E-state index is 13.4. The lowest BCUT2D eigenvalue weighted by Crippen LogP contribution is -2.26. The molecule has 1 aromatic carbocycles. The van der Waals surface area contributed by atoms with E-state index in [1.165, 1.54) is 6.07 Å². The SMILES string of the molecule is Fc1cc(CN2CCC(Nc3ncccn3)C2)ccc1Cl. The summed E-state index contributed by atoms with van der Waals surface area (Å²) in [7, 11) is 0. The molecular formula is C15H16ClFN4. The lowest BCUT2D eigenvalue weighted by atomic mass is 10.2. The average molecular weight is 307 g/mol. The van der Waals surface area contributed by atoms with Gasteiger partial charge in [0.05, 0.1) is 5.02 Å². The summed E-state index contributed by atoms with van der Waals surface area (Å²) in [5.74, 6) is 0.294. The fourth-order valence-corrected chi connectivity index (χ4v) is 2.66. The van der Waals surface area contributed by atoms with Crippen molar-refractivity contribution in [2.75, 3.05) is 18.4 Å². The number of benzene rings is 1. The van der Waals surface area contributed by atoms with Crippen LogP contribution in [-0.2, 0) is 6.54 Å². The van der Waals surface area contributed by atoms with Crippen LogP contribution in [0, 0.1) is 5.82 Å². The Morgan fingerprint density at radius 2 is 2.14 bits per heavy atom. The Bertz CT molecular complexity index is 608. The summed E-state index contributed by atoms with van der Waals surface area (Å²) in [4.78, 5) is 10.6. The van der Waals surface area contributed by atoms with Crippen molar-refractivity contribution in [1.82, 2.24) is 14.9 Å². The first-order chi connectivity index (χ1) is 10.2. The van der Waals surface area contributed by atoms with Crippen molar-refractivity contribution in [3.05, 3.63) is 53.1 Å². The molecule has 1 aliphatic heterocycles. The molecule has 6 heteroatoms. The molecule has 0 amide bonds. The standard InChI is InChI=1S/C15H16ClFN4/c16-13-3-2-11(8-14(13)17)9-21-7-4-12(10-21)20-15-18-5-1-6-19-15/h1-3,5-6,8,12H,4,7,9-10H2,(H,18,19,20). The second-order valence-corrected chi connectivity index (χ2v) is 5.59. The highest BCUT2D eigenvalue weighted by Crippen LogP contribution is 2.19. The lowest BCUT2D eigenvalue weighted by Gasteiger charge is -2.17. The Labute approximate surface area is 128 Å². The zero-order valence-electron chi connectivity index (χ0n) is 11.5. The zero-order chi connectivity index (χ0) is 14.7. The van der Waals surface area contributed by atoms with Gasteiger partial charge in [0.15, 0.2) is 0 Å². The summed E-state index contributed by atoms with van der Waals surface area (Å²) in [5.41, 5.74) is 0.938. The van der Waals surface area contributed by atoms with Crippen LogP contribution in [0.2, 0.25) is 5.02 Å². The minimum atomic E-state index is -0.360. The maximum atomic E-state index is 13.4. The molecule has 4 nitrogen and oxygen atoms in total. The van der Waals surface area contributed by atoms with Gasteiger partial charge >= 0.3 is 0 Å². The van der Waals surface area contributed by atoms with Crippen LogP contribution in [0.15, 0.2) is 36.7 Å². The molecule has 1 aromatic heterocycles. The quantitative estimate of drug-likeness (QED) is 0.943. The molecule has 1 N–H and O–H groups in total. The first-order valence-corrected chi connectivity index (χ1v) is 7.28. The van der Waals surface area contributed by atoms with E-state index in [0.717, 1.165) is 31.6 Å². The van der Waals surface area contributed by atoms with E-state index in [4.69, 9.17) is 11.6 Å². The highest BCUT2D eigenvalue weighted by molar-refractivity contribution is 6.30. The molecule has 110 valence electrons. The molecule has 1 fully saturated rings. The number of likely N-dealkylation sites (tertiary alicyclic amines) is 1. The summed E-state index contributed by atoms with van der Waals surface area (Å²) >= 11 is 5.70. The van der Waals surface area contributed by atoms with Gasteiger partial charge < -0.3 is 5.32 Å². The van der Waals surface area contributed by atoms with Crippen LogP contribution in [0.25, 0.3) is 0 Å². The Hall–Kier alpha value is -1.72. The normalized spacial score (nSPS) is 18.9. The van der Waals surface area contributed by atoms with E-state index in [1.54, 1.807) is 24.5 Å². The molecule has 0 bridgehead atoms. The molecular weight excluding hydrogens is 291 g/mol.